The lowest BCUT2D eigenvalue weighted by Crippen LogP contribution is -2.55. The van der Waals surface area contributed by atoms with Crippen LogP contribution >= 0.6 is 7.60 Å². The van der Waals surface area contributed by atoms with Gasteiger partial charge in [0.15, 0.2) is 5.85 Å². The summed E-state index contributed by atoms with van der Waals surface area (Å²) in [5.41, 5.74) is 0.0655. The van der Waals surface area contributed by atoms with Gasteiger partial charge >= 0.3 is 7.60 Å². The van der Waals surface area contributed by atoms with Gasteiger partial charge in [-0.1, -0.05) is 76.3 Å². The summed E-state index contributed by atoms with van der Waals surface area (Å²) in [4.78, 5) is 41.0. The van der Waals surface area contributed by atoms with Crippen molar-refractivity contribution in [2.75, 3.05) is 19.8 Å². The van der Waals surface area contributed by atoms with Crippen LogP contribution in [-0.2, 0) is 28.0 Å². The van der Waals surface area contributed by atoms with Crippen molar-refractivity contribution in [3.05, 3.63) is 35.9 Å². The highest BCUT2D eigenvalue weighted by Crippen LogP contribution is 2.54. The number of amides is 3. The summed E-state index contributed by atoms with van der Waals surface area (Å²) in [5, 5.41) is 20.4. The molecule has 5 atom stereocenters. The molecule has 0 saturated carbocycles. The van der Waals surface area contributed by atoms with E-state index in [0.717, 1.165) is 37.7 Å². The van der Waals surface area contributed by atoms with Gasteiger partial charge in [-0.25, -0.2) is 0 Å². The Hall–Kier alpha value is -2.26. The first-order valence-electron chi connectivity index (χ1n) is 16.1. The maximum Gasteiger partial charge on any atom is 0.360 e. The lowest BCUT2D eigenvalue weighted by molar-refractivity contribution is -0.132. The van der Waals surface area contributed by atoms with E-state index in [9.17, 15) is 24.1 Å². The third kappa shape index (κ3) is 9.61. The van der Waals surface area contributed by atoms with Crippen LogP contribution in [0.3, 0.4) is 0 Å². The second kappa shape index (κ2) is 16.7. The van der Waals surface area contributed by atoms with Crippen LogP contribution in [-0.4, -0.2) is 60.5 Å². The minimum atomic E-state index is -4.08. The van der Waals surface area contributed by atoms with Crippen LogP contribution in [0.15, 0.2) is 30.3 Å². The summed E-state index contributed by atoms with van der Waals surface area (Å²) in [6, 6.07) is 7.62. The average molecular weight is 622 g/mol. The van der Waals surface area contributed by atoms with E-state index in [1.165, 1.54) is 0 Å². The smallest absolute Gasteiger partial charge is 0.360 e. The number of hydrogen-bond acceptors (Lipinski definition) is 7. The van der Waals surface area contributed by atoms with Gasteiger partial charge < -0.3 is 30.1 Å². The predicted octanol–water partition coefficient (Wildman–Crippen LogP) is 5.01. The molecule has 0 radical (unpaired) electrons. The standard InChI is InChI=1S/C32H52N3O7P/c1-5-41-43(40,42-6-2)30(38)27-22-32(19-20-33-31(32)39)18-14-9-7-8-13-17-25(24-15-11-10-12-16-24)28(36)34-26(21-23(3)4)29(37)35-27/h10-12,15-16,23,25-27,30,38H,5-9,13-14,17-22H2,1-4H3,(H,33,39)(H,34,36)(H,35,37)/t25?,26-,27-,30?,32?/m0/s1. The van der Waals surface area contributed by atoms with E-state index in [-0.39, 0.29) is 37.4 Å². The fourth-order valence-corrected chi connectivity index (χ4v) is 8.13. The van der Waals surface area contributed by atoms with Gasteiger partial charge in [-0.15, -0.1) is 0 Å². The Balaban J connectivity index is 2.00. The minimum absolute atomic E-state index is 0.0353. The molecule has 2 aliphatic heterocycles. The summed E-state index contributed by atoms with van der Waals surface area (Å²) >= 11 is 0. The first-order chi connectivity index (χ1) is 20.5. The lowest BCUT2D eigenvalue weighted by atomic mass is 9.75. The molecule has 1 aromatic rings. The molecule has 10 nitrogen and oxygen atoms in total. The Morgan fingerprint density at radius 3 is 2.19 bits per heavy atom. The SMILES string of the molecule is CCOP(=O)(OCC)C(O)[C@@H]1CC2(CCCCCCCC(c3ccccc3)C(=O)N[C@@H](CC(C)C)C(=O)N1)CCNC2=O. The van der Waals surface area contributed by atoms with Crippen LogP contribution in [0.4, 0.5) is 0 Å². The van der Waals surface area contributed by atoms with Crippen LogP contribution in [0.1, 0.15) is 103 Å². The number of hydrogen-bond donors (Lipinski definition) is 4. The molecular formula is C32H52N3O7P. The number of rotatable bonds is 9. The molecule has 2 aliphatic rings. The van der Waals surface area contributed by atoms with Crippen molar-refractivity contribution in [2.24, 2.45) is 11.3 Å². The van der Waals surface area contributed by atoms with Gasteiger partial charge in [0.25, 0.3) is 0 Å². The van der Waals surface area contributed by atoms with E-state index in [1.54, 1.807) is 13.8 Å². The second-order valence-electron chi connectivity index (χ2n) is 12.4. The van der Waals surface area contributed by atoms with E-state index in [4.69, 9.17) is 9.05 Å². The van der Waals surface area contributed by atoms with E-state index in [0.29, 0.717) is 32.2 Å². The normalized spacial score (nSPS) is 27.5. The van der Waals surface area contributed by atoms with Crippen molar-refractivity contribution in [1.82, 2.24) is 16.0 Å². The molecule has 2 heterocycles. The molecule has 4 N–H and O–H groups in total. The molecule has 0 aromatic heterocycles. The lowest BCUT2D eigenvalue weighted by Gasteiger charge is -2.36. The molecule has 3 amide bonds. The fourth-order valence-electron chi connectivity index (χ4n) is 6.41. The van der Waals surface area contributed by atoms with Gasteiger partial charge in [-0.05, 0) is 57.4 Å². The Morgan fingerprint density at radius 2 is 1.58 bits per heavy atom. The average Bonchev–Trinajstić information content (AvgIpc) is 3.32. The van der Waals surface area contributed by atoms with Gasteiger partial charge in [0.05, 0.1) is 30.6 Å². The Labute approximate surface area is 257 Å². The Bertz CT molecular complexity index is 1090. The quantitative estimate of drug-likeness (QED) is 0.284. The molecule has 0 aliphatic carbocycles. The van der Waals surface area contributed by atoms with Crippen molar-refractivity contribution < 1.29 is 33.1 Å². The number of carbonyl (C=O) groups excluding carboxylic acids is 3. The summed E-state index contributed by atoms with van der Waals surface area (Å²) in [6.45, 7) is 7.81. The molecule has 43 heavy (non-hydrogen) atoms. The Kier molecular flexibility index (Phi) is 13.7. The summed E-state index contributed by atoms with van der Waals surface area (Å²) < 4.78 is 24.7. The maximum atomic E-state index is 14.0. The van der Waals surface area contributed by atoms with Gasteiger partial charge in [0, 0.05) is 6.54 Å². The molecule has 2 fully saturated rings. The molecule has 242 valence electrons. The highest BCUT2D eigenvalue weighted by atomic mass is 31.2. The number of benzene rings is 1. The van der Waals surface area contributed by atoms with Crippen LogP contribution in [0, 0.1) is 11.3 Å². The zero-order valence-corrected chi connectivity index (χ0v) is 27.2. The van der Waals surface area contributed by atoms with Crippen LogP contribution in [0.5, 0.6) is 0 Å². The molecule has 3 unspecified atom stereocenters. The van der Waals surface area contributed by atoms with Crippen molar-refractivity contribution in [2.45, 2.75) is 116 Å². The van der Waals surface area contributed by atoms with Gasteiger partial charge in [-0.3, -0.25) is 18.9 Å². The van der Waals surface area contributed by atoms with Gasteiger partial charge in [0.1, 0.15) is 6.04 Å². The summed E-state index contributed by atoms with van der Waals surface area (Å²) in [6.07, 6.45) is 6.76. The topological polar surface area (TPSA) is 143 Å². The van der Waals surface area contributed by atoms with Crippen LogP contribution in [0.25, 0.3) is 0 Å². The number of carbonyl (C=O) groups is 3. The van der Waals surface area contributed by atoms with Crippen molar-refractivity contribution in [3.63, 3.8) is 0 Å². The zero-order valence-electron chi connectivity index (χ0n) is 26.3. The Morgan fingerprint density at radius 1 is 0.930 bits per heavy atom. The summed E-state index contributed by atoms with van der Waals surface area (Å²) in [7, 11) is -4.08. The predicted molar refractivity (Wildman–Crippen MR) is 166 cm³/mol. The molecule has 0 bridgehead atoms. The van der Waals surface area contributed by atoms with Crippen molar-refractivity contribution in [3.8, 4) is 0 Å². The van der Waals surface area contributed by atoms with Gasteiger partial charge in [0.2, 0.25) is 17.7 Å². The zero-order chi connectivity index (χ0) is 31.5. The largest absolute Gasteiger partial charge is 0.379 e. The minimum Gasteiger partial charge on any atom is -0.379 e. The van der Waals surface area contributed by atoms with E-state index < -0.39 is 42.8 Å². The first-order valence-corrected chi connectivity index (χ1v) is 17.7. The van der Waals surface area contributed by atoms with Crippen molar-refractivity contribution in [1.29, 1.82) is 0 Å². The highest BCUT2D eigenvalue weighted by Gasteiger charge is 2.49. The highest BCUT2D eigenvalue weighted by molar-refractivity contribution is 7.54. The molecule has 1 aromatic carbocycles. The number of aliphatic hydroxyl groups is 1. The second-order valence-corrected chi connectivity index (χ2v) is 14.5. The van der Waals surface area contributed by atoms with Gasteiger partial charge in [-0.2, -0.15) is 0 Å². The number of nitrogens with one attached hydrogen (secondary N) is 3. The van der Waals surface area contributed by atoms with E-state index >= 15 is 0 Å². The number of aliphatic hydroxyl groups excluding tert-OH is 1. The van der Waals surface area contributed by atoms with E-state index in [1.807, 2.05) is 44.2 Å². The van der Waals surface area contributed by atoms with Crippen LogP contribution < -0.4 is 16.0 Å². The monoisotopic (exact) mass is 621 g/mol. The first kappa shape index (κ1) is 35.2. The third-order valence-electron chi connectivity index (χ3n) is 8.62. The third-order valence-corrected chi connectivity index (χ3v) is 10.9. The molecule has 2 saturated heterocycles. The van der Waals surface area contributed by atoms with Crippen molar-refractivity contribution >= 4 is 25.3 Å². The van der Waals surface area contributed by atoms with Crippen LogP contribution in [0.2, 0.25) is 0 Å². The molecule has 3 rings (SSSR count). The fraction of sp³-hybridized carbons (Fsp3) is 0.719. The van der Waals surface area contributed by atoms with E-state index in [2.05, 4.69) is 16.0 Å². The maximum absolute atomic E-state index is 14.0. The molecule has 11 heteroatoms. The summed E-state index contributed by atoms with van der Waals surface area (Å²) in [5.74, 6) is -2.88. The molecule has 1 spiro atoms. The molecular weight excluding hydrogens is 569 g/mol.